The summed E-state index contributed by atoms with van der Waals surface area (Å²) in [5, 5.41) is 11.3. The number of benzene rings is 1. The number of carbonyl (C=O) groups excluding carboxylic acids is 2. The number of methoxy groups -OCH3 is 1. The second kappa shape index (κ2) is 8.82. The number of aromatic amines is 1. The number of carbonyl (C=O) groups is 2. The number of aliphatic hydroxyl groups is 1. The Morgan fingerprint density at radius 3 is 2.54 bits per heavy atom. The first-order chi connectivity index (χ1) is 12.5. The molecular weight excluding hydrogens is 332 g/mol. The maximum Gasteiger partial charge on any atom is 0.267 e. The zero-order valence-electron chi connectivity index (χ0n) is 14.8. The summed E-state index contributed by atoms with van der Waals surface area (Å²) in [6.45, 7) is 5.73. The van der Waals surface area contributed by atoms with Gasteiger partial charge in [-0.05, 0) is 24.1 Å². The van der Waals surface area contributed by atoms with Gasteiger partial charge in [-0.1, -0.05) is 36.9 Å². The molecule has 6 nitrogen and oxygen atoms in total. The Bertz CT molecular complexity index is 835. The zero-order valence-corrected chi connectivity index (χ0v) is 14.8. The molecule has 3 N–H and O–H groups in total. The number of hydrogen-bond acceptors (Lipinski definition) is 4. The van der Waals surface area contributed by atoms with Crippen molar-refractivity contribution in [2.24, 2.45) is 0 Å². The Morgan fingerprint density at radius 2 is 1.92 bits per heavy atom. The van der Waals surface area contributed by atoms with Crippen molar-refractivity contribution >= 4 is 17.3 Å². The lowest BCUT2D eigenvalue weighted by atomic mass is 9.93. The monoisotopic (exact) mass is 354 g/mol. The molecule has 0 fully saturated rings. The minimum absolute atomic E-state index is 0.139. The number of amides is 1. The molecule has 6 heteroatoms. The lowest BCUT2D eigenvalue weighted by Crippen LogP contribution is -2.26. The first kappa shape index (κ1) is 19.2. The molecule has 0 aliphatic rings. The summed E-state index contributed by atoms with van der Waals surface area (Å²) in [5.41, 5.74) is 2.26. The highest BCUT2D eigenvalue weighted by Gasteiger charge is 2.22. The van der Waals surface area contributed by atoms with Crippen LogP contribution in [0, 0.1) is 0 Å². The predicted octanol–water partition coefficient (Wildman–Crippen LogP) is 2.55. The fraction of sp³-hybridized carbons (Fsp3) is 0.200. The largest absolute Gasteiger partial charge is 0.501 e. The molecule has 1 amide bonds. The third-order valence-electron chi connectivity index (χ3n) is 3.90. The second-order valence-corrected chi connectivity index (χ2v) is 5.59. The normalized spacial score (nSPS) is 11.5. The molecule has 0 aliphatic heterocycles. The number of Topliss-reactive ketones (excluding diaryl/α,β-unsaturated/α-hetero) is 1. The maximum absolute atomic E-state index is 13.0. The molecule has 0 radical (unpaired) electrons. The maximum atomic E-state index is 13.0. The lowest BCUT2D eigenvalue weighted by molar-refractivity contribution is 0.0940. The van der Waals surface area contributed by atoms with Gasteiger partial charge in [-0.15, -0.1) is 0 Å². The molecule has 0 bridgehead atoms. The SMILES string of the molecule is C=C(/C(C(=O)c1c[nH]c(C(=O)NCCO)c1)=C(/C)OC)c1ccccc1. The highest BCUT2D eigenvalue weighted by atomic mass is 16.5. The van der Waals surface area contributed by atoms with Gasteiger partial charge in [-0.2, -0.15) is 0 Å². The molecule has 136 valence electrons. The minimum Gasteiger partial charge on any atom is -0.501 e. The Balaban J connectivity index is 2.33. The van der Waals surface area contributed by atoms with E-state index in [2.05, 4.69) is 16.9 Å². The highest BCUT2D eigenvalue weighted by molar-refractivity contribution is 6.19. The molecule has 1 aromatic heterocycles. The molecule has 0 saturated carbocycles. The van der Waals surface area contributed by atoms with Gasteiger partial charge in [0.05, 0.1) is 19.3 Å². The molecule has 2 aromatic rings. The summed E-state index contributed by atoms with van der Waals surface area (Å²) in [5.74, 6) is -0.249. The number of nitrogens with one attached hydrogen (secondary N) is 2. The molecular formula is C20H22N2O4. The molecule has 2 rings (SSSR count). The van der Waals surface area contributed by atoms with Crippen molar-refractivity contribution in [2.45, 2.75) is 6.92 Å². The van der Waals surface area contributed by atoms with E-state index in [0.29, 0.717) is 22.5 Å². The van der Waals surface area contributed by atoms with Crippen LogP contribution in [-0.2, 0) is 4.74 Å². The number of rotatable bonds is 8. The van der Waals surface area contributed by atoms with Crippen LogP contribution in [0.4, 0.5) is 0 Å². The predicted molar refractivity (Wildman–Crippen MR) is 99.7 cm³/mol. The summed E-state index contributed by atoms with van der Waals surface area (Å²) in [4.78, 5) is 27.7. The number of ether oxygens (including phenoxy) is 1. The van der Waals surface area contributed by atoms with Gasteiger partial charge < -0.3 is 20.1 Å². The number of aliphatic hydroxyl groups excluding tert-OH is 1. The van der Waals surface area contributed by atoms with Crippen LogP contribution in [0.1, 0.15) is 33.3 Å². The average molecular weight is 354 g/mol. The third kappa shape index (κ3) is 4.29. The van der Waals surface area contributed by atoms with E-state index in [1.165, 1.54) is 19.4 Å². The van der Waals surface area contributed by atoms with Gasteiger partial charge in [0.25, 0.3) is 5.91 Å². The standard InChI is InChI=1S/C20H22N2O4/c1-13(15-7-5-4-6-8-15)18(14(2)26-3)19(24)16-11-17(22-12-16)20(25)21-9-10-23/h4-8,11-12,22-23H,1,9-10H2,2-3H3,(H,21,25)/b18-14+. The van der Waals surface area contributed by atoms with Gasteiger partial charge in [0, 0.05) is 18.3 Å². The first-order valence-corrected chi connectivity index (χ1v) is 8.11. The number of hydrogen-bond donors (Lipinski definition) is 3. The van der Waals surface area contributed by atoms with Gasteiger partial charge in [-0.3, -0.25) is 9.59 Å². The van der Waals surface area contributed by atoms with Crippen molar-refractivity contribution in [2.75, 3.05) is 20.3 Å². The van der Waals surface area contributed by atoms with E-state index in [0.717, 1.165) is 5.56 Å². The topological polar surface area (TPSA) is 91.4 Å². The third-order valence-corrected chi connectivity index (χ3v) is 3.90. The Hall–Kier alpha value is -3.12. The Labute approximate surface area is 152 Å². The van der Waals surface area contributed by atoms with Crippen molar-refractivity contribution in [3.05, 3.63) is 77.3 Å². The van der Waals surface area contributed by atoms with Gasteiger partial charge >= 0.3 is 0 Å². The van der Waals surface area contributed by atoms with Crippen LogP contribution in [-0.4, -0.2) is 42.0 Å². The molecule has 1 aromatic carbocycles. The number of H-pyrrole nitrogens is 1. The van der Waals surface area contributed by atoms with E-state index in [4.69, 9.17) is 9.84 Å². The van der Waals surface area contributed by atoms with Crippen LogP contribution in [0.25, 0.3) is 5.57 Å². The molecule has 0 aliphatic carbocycles. The minimum atomic E-state index is -0.394. The quantitative estimate of drug-likeness (QED) is 0.294. The van der Waals surface area contributed by atoms with Gasteiger partial charge in [0.15, 0.2) is 5.78 Å². The molecule has 26 heavy (non-hydrogen) atoms. The van der Waals surface area contributed by atoms with Gasteiger partial charge in [0.1, 0.15) is 11.5 Å². The summed E-state index contributed by atoms with van der Waals surface area (Å²) in [6, 6.07) is 10.8. The van der Waals surface area contributed by atoms with Crippen molar-refractivity contribution < 1.29 is 19.4 Å². The van der Waals surface area contributed by atoms with Gasteiger partial charge in [0.2, 0.25) is 0 Å². The van der Waals surface area contributed by atoms with Crippen LogP contribution < -0.4 is 5.32 Å². The molecule has 1 heterocycles. The second-order valence-electron chi connectivity index (χ2n) is 5.59. The van der Waals surface area contributed by atoms with E-state index < -0.39 is 5.91 Å². The number of allylic oxidation sites excluding steroid dienone is 3. The molecule has 0 unspecified atom stereocenters. The van der Waals surface area contributed by atoms with Crippen LogP contribution in [0.2, 0.25) is 0 Å². The Kier molecular flexibility index (Phi) is 6.52. The average Bonchev–Trinajstić information content (AvgIpc) is 3.16. The fourth-order valence-corrected chi connectivity index (χ4v) is 2.46. The van der Waals surface area contributed by atoms with E-state index in [-0.39, 0.29) is 24.6 Å². The molecule has 0 saturated heterocycles. The molecule has 0 atom stereocenters. The highest BCUT2D eigenvalue weighted by Crippen LogP contribution is 2.27. The molecule has 0 spiro atoms. The van der Waals surface area contributed by atoms with Crippen molar-refractivity contribution in [1.82, 2.24) is 10.3 Å². The summed E-state index contributed by atoms with van der Waals surface area (Å²) in [7, 11) is 1.49. The first-order valence-electron chi connectivity index (χ1n) is 8.11. The van der Waals surface area contributed by atoms with Gasteiger partial charge in [-0.25, -0.2) is 0 Å². The smallest absolute Gasteiger partial charge is 0.267 e. The number of aromatic nitrogens is 1. The van der Waals surface area contributed by atoms with E-state index in [1.54, 1.807) is 6.92 Å². The van der Waals surface area contributed by atoms with Crippen LogP contribution in [0.3, 0.4) is 0 Å². The summed E-state index contributed by atoms with van der Waals surface area (Å²) >= 11 is 0. The number of ketones is 1. The van der Waals surface area contributed by atoms with Crippen molar-refractivity contribution in [3.63, 3.8) is 0 Å². The fourth-order valence-electron chi connectivity index (χ4n) is 2.46. The van der Waals surface area contributed by atoms with E-state index in [1.807, 2.05) is 30.3 Å². The lowest BCUT2D eigenvalue weighted by Gasteiger charge is -2.13. The van der Waals surface area contributed by atoms with Crippen LogP contribution in [0.15, 0.2) is 60.5 Å². The Morgan fingerprint density at radius 1 is 1.23 bits per heavy atom. The zero-order chi connectivity index (χ0) is 19.1. The van der Waals surface area contributed by atoms with E-state index in [9.17, 15) is 9.59 Å². The summed E-state index contributed by atoms with van der Waals surface area (Å²) < 4.78 is 5.29. The van der Waals surface area contributed by atoms with Crippen molar-refractivity contribution in [3.8, 4) is 0 Å². The van der Waals surface area contributed by atoms with Crippen LogP contribution in [0.5, 0.6) is 0 Å². The van der Waals surface area contributed by atoms with E-state index >= 15 is 0 Å². The van der Waals surface area contributed by atoms with Crippen LogP contribution >= 0.6 is 0 Å². The summed E-state index contributed by atoms with van der Waals surface area (Å²) in [6.07, 6.45) is 1.47. The van der Waals surface area contributed by atoms with Crippen molar-refractivity contribution in [1.29, 1.82) is 0 Å².